The highest BCUT2D eigenvalue weighted by Gasteiger charge is 2.40. The second kappa shape index (κ2) is 4.00. The smallest absolute Gasteiger partial charge is 0.00539 e. The molecule has 0 bridgehead atoms. The SMILES string of the molecule is CC1(C)C=C2C=C3C(=C2CC1)C(C)(C)Cc1ccccc13. The summed E-state index contributed by atoms with van der Waals surface area (Å²) in [4.78, 5) is 0. The van der Waals surface area contributed by atoms with Gasteiger partial charge in [-0.3, -0.25) is 0 Å². The summed E-state index contributed by atoms with van der Waals surface area (Å²) in [5.41, 5.74) is 9.83. The first-order valence-corrected chi connectivity index (χ1v) is 8.15. The van der Waals surface area contributed by atoms with E-state index in [0.29, 0.717) is 5.41 Å². The van der Waals surface area contributed by atoms with Gasteiger partial charge in [-0.25, -0.2) is 0 Å². The van der Waals surface area contributed by atoms with Gasteiger partial charge in [0, 0.05) is 0 Å². The van der Waals surface area contributed by atoms with Crippen molar-refractivity contribution in [1.82, 2.24) is 0 Å². The van der Waals surface area contributed by atoms with Crippen molar-refractivity contribution in [2.24, 2.45) is 10.8 Å². The molecule has 0 spiro atoms. The van der Waals surface area contributed by atoms with E-state index in [1.165, 1.54) is 35.1 Å². The van der Waals surface area contributed by atoms with Crippen LogP contribution in [0, 0.1) is 10.8 Å². The standard InChI is InChI=1S/C21H24/c1-20(2)10-9-17-15(12-20)11-18-16-8-6-5-7-14(16)13-21(3,4)19(17)18/h5-8,11-12H,9-10,13H2,1-4H3. The summed E-state index contributed by atoms with van der Waals surface area (Å²) in [7, 11) is 0. The maximum absolute atomic E-state index is 2.50. The molecule has 108 valence electrons. The van der Waals surface area contributed by atoms with Gasteiger partial charge in [0.25, 0.3) is 0 Å². The van der Waals surface area contributed by atoms with Crippen molar-refractivity contribution in [3.8, 4) is 0 Å². The third-order valence-electron chi connectivity index (χ3n) is 5.40. The van der Waals surface area contributed by atoms with Gasteiger partial charge in [0.05, 0.1) is 0 Å². The largest absolute Gasteiger partial charge is 0.0713 e. The summed E-state index contributed by atoms with van der Waals surface area (Å²) in [5.74, 6) is 0. The highest BCUT2D eigenvalue weighted by Crippen LogP contribution is 2.55. The predicted molar refractivity (Wildman–Crippen MR) is 90.0 cm³/mol. The van der Waals surface area contributed by atoms with E-state index in [-0.39, 0.29) is 5.41 Å². The molecule has 0 fully saturated rings. The molecule has 0 aliphatic heterocycles. The number of rotatable bonds is 0. The van der Waals surface area contributed by atoms with E-state index >= 15 is 0 Å². The summed E-state index contributed by atoms with van der Waals surface area (Å²) in [6, 6.07) is 8.97. The minimum absolute atomic E-state index is 0.257. The van der Waals surface area contributed by atoms with E-state index in [1.807, 2.05) is 0 Å². The van der Waals surface area contributed by atoms with Crippen LogP contribution in [0.15, 0.2) is 53.1 Å². The minimum atomic E-state index is 0.257. The summed E-state index contributed by atoms with van der Waals surface area (Å²) < 4.78 is 0. The van der Waals surface area contributed by atoms with Gasteiger partial charge >= 0.3 is 0 Å². The van der Waals surface area contributed by atoms with Gasteiger partial charge in [-0.1, -0.05) is 58.0 Å². The second-order valence-corrected chi connectivity index (χ2v) is 8.22. The van der Waals surface area contributed by atoms with Crippen LogP contribution in [0.2, 0.25) is 0 Å². The van der Waals surface area contributed by atoms with Crippen LogP contribution in [0.4, 0.5) is 0 Å². The molecule has 3 aliphatic carbocycles. The lowest BCUT2D eigenvalue weighted by atomic mass is 9.67. The quantitative estimate of drug-likeness (QED) is 0.569. The molecular formula is C21H24. The Morgan fingerprint density at radius 2 is 1.76 bits per heavy atom. The third-order valence-corrected chi connectivity index (χ3v) is 5.40. The molecule has 21 heavy (non-hydrogen) atoms. The van der Waals surface area contributed by atoms with Crippen molar-refractivity contribution in [1.29, 1.82) is 0 Å². The molecular weight excluding hydrogens is 252 g/mol. The molecule has 1 aromatic rings. The van der Waals surface area contributed by atoms with Crippen molar-refractivity contribution in [2.75, 3.05) is 0 Å². The Balaban J connectivity index is 1.99. The van der Waals surface area contributed by atoms with Crippen molar-refractivity contribution < 1.29 is 0 Å². The first-order chi connectivity index (χ1) is 9.87. The molecule has 0 nitrogen and oxygen atoms in total. The lowest BCUT2D eigenvalue weighted by molar-refractivity contribution is 0.412. The molecule has 1 aromatic carbocycles. The monoisotopic (exact) mass is 276 g/mol. The van der Waals surface area contributed by atoms with Crippen molar-refractivity contribution in [3.63, 3.8) is 0 Å². The van der Waals surface area contributed by atoms with E-state index in [9.17, 15) is 0 Å². The molecule has 3 aliphatic rings. The minimum Gasteiger partial charge on any atom is -0.0713 e. The van der Waals surface area contributed by atoms with Crippen LogP contribution in [0.5, 0.6) is 0 Å². The molecule has 0 unspecified atom stereocenters. The zero-order chi connectivity index (χ0) is 14.8. The molecule has 0 heterocycles. The number of hydrogen-bond donors (Lipinski definition) is 0. The first-order valence-electron chi connectivity index (χ1n) is 8.15. The van der Waals surface area contributed by atoms with Crippen LogP contribution in [-0.4, -0.2) is 0 Å². The van der Waals surface area contributed by atoms with Crippen molar-refractivity contribution in [3.05, 3.63) is 64.3 Å². The van der Waals surface area contributed by atoms with Gasteiger partial charge in [-0.2, -0.15) is 0 Å². The second-order valence-electron chi connectivity index (χ2n) is 8.22. The average Bonchev–Trinajstić information content (AvgIpc) is 2.76. The number of fused-ring (bicyclic) bond motifs is 4. The van der Waals surface area contributed by atoms with Crippen LogP contribution in [0.1, 0.15) is 51.7 Å². The molecule has 4 rings (SSSR count). The molecule has 0 aromatic heterocycles. The first kappa shape index (κ1) is 13.1. The summed E-state index contributed by atoms with van der Waals surface area (Å²) in [6.45, 7) is 9.56. The maximum atomic E-state index is 2.50. The zero-order valence-corrected chi connectivity index (χ0v) is 13.6. The van der Waals surface area contributed by atoms with E-state index < -0.39 is 0 Å². The van der Waals surface area contributed by atoms with E-state index in [2.05, 4.69) is 64.1 Å². The Hall–Kier alpha value is -1.56. The van der Waals surface area contributed by atoms with Crippen LogP contribution in [0.25, 0.3) is 5.57 Å². The zero-order valence-electron chi connectivity index (χ0n) is 13.6. The Morgan fingerprint density at radius 3 is 2.57 bits per heavy atom. The van der Waals surface area contributed by atoms with Gasteiger partial charge in [-0.05, 0) is 69.6 Å². The van der Waals surface area contributed by atoms with Crippen LogP contribution >= 0.6 is 0 Å². The molecule has 0 saturated carbocycles. The topological polar surface area (TPSA) is 0 Å². The van der Waals surface area contributed by atoms with Gasteiger partial charge in [-0.15, -0.1) is 0 Å². The summed E-state index contributed by atoms with van der Waals surface area (Å²) in [5, 5.41) is 0. The predicted octanol–water partition coefficient (Wildman–Crippen LogP) is 5.71. The van der Waals surface area contributed by atoms with Crippen LogP contribution < -0.4 is 0 Å². The number of benzene rings is 1. The molecule has 0 N–H and O–H groups in total. The highest BCUT2D eigenvalue weighted by atomic mass is 14.4. The van der Waals surface area contributed by atoms with Gasteiger partial charge in [0.2, 0.25) is 0 Å². The maximum Gasteiger partial charge on any atom is -0.00539 e. The normalized spacial score (nSPS) is 24.8. The fourth-order valence-corrected chi connectivity index (χ4v) is 4.45. The Labute approximate surface area is 128 Å². The Bertz CT molecular complexity index is 720. The van der Waals surface area contributed by atoms with Gasteiger partial charge in [0.15, 0.2) is 0 Å². The van der Waals surface area contributed by atoms with Crippen LogP contribution in [-0.2, 0) is 6.42 Å². The molecule has 0 saturated heterocycles. The van der Waals surface area contributed by atoms with E-state index in [1.54, 1.807) is 11.1 Å². The fourth-order valence-electron chi connectivity index (χ4n) is 4.45. The van der Waals surface area contributed by atoms with Gasteiger partial charge in [0.1, 0.15) is 0 Å². The molecule has 0 heteroatoms. The lowest BCUT2D eigenvalue weighted by Crippen LogP contribution is -2.25. The molecule has 0 radical (unpaired) electrons. The number of hydrogen-bond acceptors (Lipinski definition) is 0. The van der Waals surface area contributed by atoms with Crippen molar-refractivity contribution >= 4 is 5.57 Å². The Kier molecular flexibility index (Phi) is 2.50. The van der Waals surface area contributed by atoms with E-state index in [4.69, 9.17) is 0 Å². The average molecular weight is 276 g/mol. The molecule has 0 atom stereocenters. The Morgan fingerprint density at radius 1 is 1.00 bits per heavy atom. The van der Waals surface area contributed by atoms with Gasteiger partial charge < -0.3 is 0 Å². The summed E-state index contributed by atoms with van der Waals surface area (Å²) in [6.07, 6.45) is 8.64. The third kappa shape index (κ3) is 1.88. The highest BCUT2D eigenvalue weighted by molar-refractivity contribution is 5.92. The lowest BCUT2D eigenvalue weighted by Gasteiger charge is -2.37. The van der Waals surface area contributed by atoms with Crippen molar-refractivity contribution in [2.45, 2.75) is 47.0 Å². The van der Waals surface area contributed by atoms with Crippen LogP contribution in [0.3, 0.4) is 0 Å². The number of allylic oxidation sites excluding steroid dienone is 6. The van der Waals surface area contributed by atoms with E-state index in [0.717, 1.165) is 6.42 Å². The summed E-state index contributed by atoms with van der Waals surface area (Å²) >= 11 is 0. The molecule has 0 amide bonds. The fraction of sp³-hybridized carbons (Fsp3) is 0.429.